The molecule has 3 fully saturated rings. The van der Waals surface area contributed by atoms with E-state index >= 15 is 0 Å². The molecule has 0 radical (unpaired) electrons. The van der Waals surface area contributed by atoms with E-state index in [1.807, 2.05) is 0 Å². The molecule has 15 atom stereocenters. The SMILES string of the molecule is CCO[C@@H]1C(C)[C@H](O[C@@H]2C(CC)O[C@@H](O[C@@H]3C(CC)O[C@@H](C)C(C)[C@H]3C)C(C)[C@H]2C)OC(CC)[C@H]1C. The maximum atomic E-state index is 6.81. The van der Waals surface area contributed by atoms with Crippen molar-refractivity contribution in [3.8, 4) is 0 Å². The molecule has 0 aromatic rings. The largest absolute Gasteiger partial charge is 0.378 e. The molecule has 0 aliphatic carbocycles. The maximum Gasteiger partial charge on any atom is 0.163 e. The minimum atomic E-state index is -0.295. The average Bonchev–Trinajstić information content (AvgIpc) is 2.87. The van der Waals surface area contributed by atoms with Crippen LogP contribution in [0.4, 0.5) is 0 Å². The number of hydrogen-bond donors (Lipinski definition) is 0. The molecule has 6 heteroatoms. The van der Waals surface area contributed by atoms with E-state index in [1.54, 1.807) is 0 Å². The van der Waals surface area contributed by atoms with Crippen LogP contribution in [-0.2, 0) is 28.4 Å². The smallest absolute Gasteiger partial charge is 0.163 e. The molecule has 3 rings (SSSR count). The van der Waals surface area contributed by atoms with Gasteiger partial charge in [-0.2, -0.15) is 0 Å². The van der Waals surface area contributed by atoms with E-state index < -0.39 is 0 Å². The standard InChI is InChI=1S/C30H56O6/c1-12-23-20(9)26(31-15-4)21(10)30(33-23)36-28-18(7)19(8)29(34-25(28)14-3)35-27-17(6)16(5)22(11)32-24(27)13-2/h16-30H,12-15H2,1-11H3/t16?,17-,18-,19?,20-,21?,22+,23?,24?,25?,26+,27+,28+,29+,30+/m1/s1. The third kappa shape index (κ3) is 6.15. The van der Waals surface area contributed by atoms with Crippen molar-refractivity contribution < 1.29 is 28.4 Å². The lowest BCUT2D eigenvalue weighted by Crippen LogP contribution is -2.58. The molecule has 3 heterocycles. The zero-order chi connectivity index (χ0) is 26.7. The molecule has 0 aromatic heterocycles. The predicted octanol–water partition coefficient (Wildman–Crippen LogP) is 6.45. The van der Waals surface area contributed by atoms with E-state index in [0.717, 1.165) is 19.3 Å². The topological polar surface area (TPSA) is 55.4 Å². The Morgan fingerprint density at radius 3 is 1.47 bits per heavy atom. The minimum absolute atomic E-state index is 0.0382. The second kappa shape index (κ2) is 13.2. The molecule has 212 valence electrons. The summed E-state index contributed by atoms with van der Waals surface area (Å²) in [6, 6.07) is 0. The van der Waals surface area contributed by atoms with E-state index in [-0.39, 0.29) is 73.1 Å². The van der Waals surface area contributed by atoms with Crippen LogP contribution in [0.1, 0.15) is 95.4 Å². The lowest BCUT2D eigenvalue weighted by molar-refractivity contribution is -0.343. The maximum absolute atomic E-state index is 6.81. The van der Waals surface area contributed by atoms with Gasteiger partial charge < -0.3 is 28.4 Å². The number of rotatable bonds is 9. The van der Waals surface area contributed by atoms with Gasteiger partial charge in [0.25, 0.3) is 0 Å². The van der Waals surface area contributed by atoms with Crippen LogP contribution < -0.4 is 0 Å². The van der Waals surface area contributed by atoms with Crippen LogP contribution in [0.2, 0.25) is 0 Å². The first-order valence-corrected chi connectivity index (χ1v) is 15.0. The van der Waals surface area contributed by atoms with Crippen LogP contribution in [0.15, 0.2) is 0 Å². The summed E-state index contributed by atoms with van der Waals surface area (Å²) < 4.78 is 39.3. The van der Waals surface area contributed by atoms with Crippen molar-refractivity contribution >= 4 is 0 Å². The minimum Gasteiger partial charge on any atom is -0.378 e. The van der Waals surface area contributed by atoms with Crippen LogP contribution >= 0.6 is 0 Å². The van der Waals surface area contributed by atoms with Gasteiger partial charge in [0.2, 0.25) is 0 Å². The summed E-state index contributed by atoms with van der Waals surface area (Å²) in [6.45, 7) is 25.1. The van der Waals surface area contributed by atoms with Crippen molar-refractivity contribution in [2.45, 2.75) is 151 Å². The Morgan fingerprint density at radius 2 is 0.944 bits per heavy atom. The predicted molar refractivity (Wildman–Crippen MR) is 143 cm³/mol. The molecule has 3 aliphatic rings. The summed E-state index contributed by atoms with van der Waals surface area (Å²) in [5.41, 5.74) is 0. The summed E-state index contributed by atoms with van der Waals surface area (Å²) in [5, 5.41) is 0. The molecule has 0 bridgehead atoms. The molecule has 0 amide bonds. The van der Waals surface area contributed by atoms with E-state index in [1.165, 1.54) is 0 Å². The monoisotopic (exact) mass is 512 g/mol. The zero-order valence-electron chi connectivity index (χ0n) is 24.9. The summed E-state index contributed by atoms with van der Waals surface area (Å²) in [7, 11) is 0. The molecule has 6 nitrogen and oxygen atoms in total. The average molecular weight is 513 g/mol. The first-order chi connectivity index (χ1) is 17.1. The van der Waals surface area contributed by atoms with Crippen LogP contribution in [-0.4, -0.2) is 61.9 Å². The third-order valence-corrected chi connectivity index (χ3v) is 9.81. The summed E-state index contributed by atoms with van der Waals surface area (Å²) in [5.74, 6) is 1.83. The Balaban J connectivity index is 1.73. The van der Waals surface area contributed by atoms with E-state index in [9.17, 15) is 0 Å². The van der Waals surface area contributed by atoms with Crippen LogP contribution in [0.5, 0.6) is 0 Å². The highest BCUT2D eigenvalue weighted by molar-refractivity contribution is 4.92. The van der Waals surface area contributed by atoms with Gasteiger partial charge in [0.15, 0.2) is 12.6 Å². The highest BCUT2D eigenvalue weighted by atomic mass is 16.7. The van der Waals surface area contributed by atoms with Gasteiger partial charge in [-0.1, -0.05) is 62.3 Å². The van der Waals surface area contributed by atoms with Gasteiger partial charge in [-0.3, -0.25) is 0 Å². The molecule has 6 unspecified atom stereocenters. The van der Waals surface area contributed by atoms with Crippen molar-refractivity contribution in [1.29, 1.82) is 0 Å². The Labute approximate surface area is 221 Å². The van der Waals surface area contributed by atoms with E-state index in [4.69, 9.17) is 28.4 Å². The van der Waals surface area contributed by atoms with Gasteiger partial charge in [0, 0.05) is 24.4 Å². The molecule has 0 N–H and O–H groups in total. The van der Waals surface area contributed by atoms with E-state index in [0.29, 0.717) is 24.4 Å². The number of ether oxygens (including phenoxy) is 6. The molecular weight excluding hydrogens is 456 g/mol. The molecule has 36 heavy (non-hydrogen) atoms. The zero-order valence-corrected chi connectivity index (χ0v) is 24.9. The quantitative estimate of drug-likeness (QED) is 0.354. The Hall–Kier alpha value is -0.240. The van der Waals surface area contributed by atoms with Crippen molar-refractivity contribution in [2.75, 3.05) is 6.61 Å². The molecule has 0 aromatic carbocycles. The van der Waals surface area contributed by atoms with Crippen molar-refractivity contribution in [1.82, 2.24) is 0 Å². The fourth-order valence-electron chi connectivity index (χ4n) is 6.73. The van der Waals surface area contributed by atoms with Gasteiger partial charge in [-0.25, -0.2) is 0 Å². The van der Waals surface area contributed by atoms with Crippen LogP contribution in [0, 0.1) is 35.5 Å². The van der Waals surface area contributed by atoms with Gasteiger partial charge in [-0.15, -0.1) is 0 Å². The fourth-order valence-corrected chi connectivity index (χ4v) is 6.73. The molecule has 3 saturated heterocycles. The molecule has 3 aliphatic heterocycles. The Morgan fingerprint density at radius 1 is 0.472 bits per heavy atom. The summed E-state index contributed by atoms with van der Waals surface area (Å²) in [6.07, 6.45) is 2.78. The van der Waals surface area contributed by atoms with Crippen molar-refractivity contribution in [3.05, 3.63) is 0 Å². The summed E-state index contributed by atoms with van der Waals surface area (Å²) in [4.78, 5) is 0. The van der Waals surface area contributed by atoms with Crippen molar-refractivity contribution in [2.24, 2.45) is 35.5 Å². The van der Waals surface area contributed by atoms with Crippen LogP contribution in [0.25, 0.3) is 0 Å². The molecule has 0 saturated carbocycles. The van der Waals surface area contributed by atoms with Crippen LogP contribution in [0.3, 0.4) is 0 Å². The highest BCUT2D eigenvalue weighted by Crippen LogP contribution is 2.42. The fraction of sp³-hybridized carbons (Fsp3) is 1.00. The lowest BCUT2D eigenvalue weighted by Gasteiger charge is -2.51. The first kappa shape index (κ1) is 30.3. The highest BCUT2D eigenvalue weighted by Gasteiger charge is 2.49. The molecular formula is C30H56O6. The normalized spacial score (nSPS) is 50.2. The second-order valence-corrected chi connectivity index (χ2v) is 12.0. The van der Waals surface area contributed by atoms with Gasteiger partial charge in [0.1, 0.15) is 0 Å². The summed E-state index contributed by atoms with van der Waals surface area (Å²) >= 11 is 0. The van der Waals surface area contributed by atoms with Gasteiger partial charge in [-0.05, 0) is 50.9 Å². The Kier molecular flexibility index (Phi) is 11.1. The first-order valence-electron chi connectivity index (χ1n) is 15.0. The van der Waals surface area contributed by atoms with Gasteiger partial charge >= 0.3 is 0 Å². The lowest BCUT2D eigenvalue weighted by atomic mass is 9.80. The van der Waals surface area contributed by atoms with Crippen molar-refractivity contribution in [3.63, 3.8) is 0 Å². The second-order valence-electron chi connectivity index (χ2n) is 12.0. The Bertz CT molecular complexity index is 655. The molecule has 0 spiro atoms. The van der Waals surface area contributed by atoms with E-state index in [2.05, 4.69) is 76.2 Å². The number of hydrogen-bond acceptors (Lipinski definition) is 6. The van der Waals surface area contributed by atoms with Gasteiger partial charge in [0.05, 0.1) is 42.7 Å². The third-order valence-electron chi connectivity index (χ3n) is 9.81.